The number of anilines is 1. The van der Waals surface area contributed by atoms with E-state index in [0.29, 0.717) is 15.4 Å². The summed E-state index contributed by atoms with van der Waals surface area (Å²) in [5, 5.41) is 10.2. The number of nitrogens with two attached hydrogens (primary N) is 3. The summed E-state index contributed by atoms with van der Waals surface area (Å²) in [5.74, 6) is -1.77. The highest BCUT2D eigenvalue weighted by molar-refractivity contribution is 7.93. The maximum absolute atomic E-state index is 12.8. The number of benzene rings is 2. The minimum atomic E-state index is -4.08. The molecule has 0 fully saturated rings. The van der Waals surface area contributed by atoms with Crippen molar-refractivity contribution in [3.05, 3.63) is 58.1 Å². The lowest BCUT2D eigenvalue weighted by Crippen LogP contribution is -2.42. The number of halogens is 1. The van der Waals surface area contributed by atoms with E-state index < -0.39 is 34.5 Å². The van der Waals surface area contributed by atoms with Crippen LogP contribution in [0.25, 0.3) is 0 Å². The number of hydrogen-bond acceptors (Lipinski definition) is 7. The molecule has 2 aromatic rings. The van der Waals surface area contributed by atoms with Gasteiger partial charge in [0.05, 0.1) is 11.4 Å². The van der Waals surface area contributed by atoms with Crippen molar-refractivity contribution >= 4 is 51.0 Å². The van der Waals surface area contributed by atoms with Crippen LogP contribution in [0, 0.1) is 5.41 Å². The second kappa shape index (κ2) is 11.5. The largest absolute Gasteiger partial charge is 0.483 e. The van der Waals surface area contributed by atoms with E-state index >= 15 is 0 Å². The van der Waals surface area contributed by atoms with Crippen LogP contribution in [-0.2, 0) is 21.4 Å². The van der Waals surface area contributed by atoms with Gasteiger partial charge in [0, 0.05) is 28.3 Å². The van der Waals surface area contributed by atoms with Crippen molar-refractivity contribution in [1.29, 1.82) is 5.41 Å². The molecule has 35 heavy (non-hydrogen) atoms. The lowest BCUT2D eigenvalue weighted by Gasteiger charge is -2.21. The number of nitrogen functional groups attached to an aromatic ring is 1. The van der Waals surface area contributed by atoms with Gasteiger partial charge in [0.2, 0.25) is 10.0 Å². The van der Waals surface area contributed by atoms with Gasteiger partial charge in [0.1, 0.15) is 11.6 Å². The summed E-state index contributed by atoms with van der Waals surface area (Å²) in [6.45, 7) is 1.10. The third kappa shape index (κ3) is 7.32. The molecule has 2 rings (SSSR count). The van der Waals surface area contributed by atoms with E-state index in [1.807, 2.05) is 0 Å². The highest BCUT2D eigenvalue weighted by Gasteiger charge is 2.28. The molecule has 0 aliphatic heterocycles. The Morgan fingerprint density at radius 3 is 2.34 bits per heavy atom. The van der Waals surface area contributed by atoms with Gasteiger partial charge in [-0.05, 0) is 30.7 Å². The van der Waals surface area contributed by atoms with Gasteiger partial charge in [-0.3, -0.25) is 15.0 Å². The molecule has 4 amide bonds. The van der Waals surface area contributed by atoms with Crippen LogP contribution >= 0.6 is 11.6 Å². The highest BCUT2D eigenvalue weighted by atomic mass is 35.5. The van der Waals surface area contributed by atoms with Gasteiger partial charge in [-0.2, -0.15) is 4.31 Å². The van der Waals surface area contributed by atoms with Gasteiger partial charge in [0.15, 0.2) is 6.61 Å². The Hall–Kier alpha value is -3.84. The zero-order valence-corrected chi connectivity index (χ0v) is 20.3. The Morgan fingerprint density at radius 1 is 1.09 bits per heavy atom. The summed E-state index contributed by atoms with van der Waals surface area (Å²) >= 11 is 6.08. The summed E-state index contributed by atoms with van der Waals surface area (Å²) in [5.41, 5.74) is 16.4. The Labute approximate surface area is 206 Å². The van der Waals surface area contributed by atoms with Crippen LogP contribution in [0.5, 0.6) is 5.75 Å². The number of carbonyl (C=O) groups excluding carboxylic acids is 3. The number of carbonyl (C=O) groups is 3. The fourth-order valence-electron chi connectivity index (χ4n) is 3.03. The van der Waals surface area contributed by atoms with E-state index in [2.05, 4.69) is 5.32 Å². The van der Waals surface area contributed by atoms with Crippen LogP contribution in [0.15, 0.2) is 36.4 Å². The highest BCUT2D eigenvalue weighted by Crippen LogP contribution is 2.26. The lowest BCUT2D eigenvalue weighted by atomic mass is 10.1. The molecule has 0 spiro atoms. The maximum atomic E-state index is 12.8. The van der Waals surface area contributed by atoms with Gasteiger partial charge in [0.25, 0.3) is 11.8 Å². The minimum absolute atomic E-state index is 0.00175. The number of amides is 4. The van der Waals surface area contributed by atoms with Gasteiger partial charge < -0.3 is 27.3 Å². The number of primary amides is 2. The molecule has 0 aromatic heterocycles. The summed E-state index contributed by atoms with van der Waals surface area (Å²) in [7, 11) is -4.08. The normalized spacial score (nSPS) is 10.9. The number of sulfonamides is 1. The fourth-order valence-corrected chi connectivity index (χ4v) is 4.65. The third-order valence-electron chi connectivity index (χ3n) is 4.51. The predicted molar refractivity (Wildman–Crippen MR) is 131 cm³/mol. The Kier molecular flexibility index (Phi) is 9.03. The minimum Gasteiger partial charge on any atom is -0.483 e. The second-order valence-corrected chi connectivity index (χ2v) is 9.66. The maximum Gasteiger partial charge on any atom is 0.333 e. The standard InChI is InChI=1S/C21H25ClN6O6S/c1-2-5-35(32,33)28(21(26)31)16-7-14(6-15(22)9-16)20(30)27-10-13-4-3-12(19(24)25)8-17(13)34-11-18(23)29/h3-4,6-9H,2,5,10-11H2,1H3,(H2,23,29)(H3,24,25)(H2,26,31)(H,27,30). The Balaban J connectivity index is 2.33. The van der Waals surface area contributed by atoms with Crippen LogP contribution in [-0.4, -0.2) is 44.5 Å². The van der Waals surface area contributed by atoms with Gasteiger partial charge >= 0.3 is 6.03 Å². The molecule has 8 N–H and O–H groups in total. The summed E-state index contributed by atoms with van der Waals surface area (Å²) in [6, 6.07) is 6.91. The number of rotatable bonds is 11. The van der Waals surface area contributed by atoms with Crippen molar-refractivity contribution in [2.45, 2.75) is 19.9 Å². The first-order chi connectivity index (χ1) is 16.4. The van der Waals surface area contributed by atoms with Crippen molar-refractivity contribution < 1.29 is 27.5 Å². The monoisotopic (exact) mass is 524 g/mol. The number of hydrogen-bond donors (Lipinski definition) is 5. The van der Waals surface area contributed by atoms with Gasteiger partial charge in [-0.15, -0.1) is 0 Å². The first-order valence-corrected chi connectivity index (χ1v) is 12.1. The van der Waals surface area contributed by atoms with Crippen LogP contribution < -0.4 is 31.6 Å². The molecular weight excluding hydrogens is 500 g/mol. The molecule has 2 aromatic carbocycles. The van der Waals surface area contributed by atoms with E-state index in [0.717, 1.165) is 0 Å². The van der Waals surface area contributed by atoms with E-state index in [9.17, 15) is 22.8 Å². The van der Waals surface area contributed by atoms with Gasteiger partial charge in [-0.25, -0.2) is 13.2 Å². The van der Waals surface area contributed by atoms with E-state index in [1.165, 1.54) is 30.3 Å². The molecule has 14 heteroatoms. The third-order valence-corrected chi connectivity index (χ3v) is 6.60. The molecule has 188 valence electrons. The zero-order chi connectivity index (χ0) is 26.3. The number of urea groups is 1. The lowest BCUT2D eigenvalue weighted by molar-refractivity contribution is -0.119. The van der Waals surface area contributed by atoms with Crippen LogP contribution in [0.1, 0.15) is 34.8 Å². The van der Waals surface area contributed by atoms with Crippen molar-refractivity contribution in [3.63, 3.8) is 0 Å². The number of nitrogens with zero attached hydrogens (tertiary/aromatic N) is 1. The Bertz CT molecular complexity index is 1270. The summed E-state index contributed by atoms with van der Waals surface area (Å²) in [6.07, 6.45) is 0.239. The number of nitrogens with one attached hydrogen (secondary N) is 2. The zero-order valence-electron chi connectivity index (χ0n) is 18.7. The van der Waals surface area contributed by atoms with Gasteiger partial charge in [-0.1, -0.05) is 30.7 Å². The predicted octanol–water partition coefficient (Wildman–Crippen LogP) is 1.04. The molecule has 0 bridgehead atoms. The number of ether oxygens (including phenoxy) is 1. The van der Waals surface area contributed by atoms with Crippen LogP contribution in [0.2, 0.25) is 5.02 Å². The van der Waals surface area contributed by atoms with Crippen molar-refractivity contribution in [2.75, 3.05) is 16.7 Å². The Morgan fingerprint density at radius 2 is 1.77 bits per heavy atom. The van der Waals surface area contributed by atoms with Crippen LogP contribution in [0.4, 0.5) is 10.5 Å². The first kappa shape index (κ1) is 27.4. The van der Waals surface area contributed by atoms with E-state index in [1.54, 1.807) is 13.0 Å². The average Bonchev–Trinajstić information content (AvgIpc) is 2.75. The van der Waals surface area contributed by atoms with Crippen molar-refractivity contribution in [3.8, 4) is 5.75 Å². The molecule has 0 aliphatic rings. The SMILES string of the molecule is CCCS(=O)(=O)N(C(N)=O)c1cc(Cl)cc(C(=O)NCc2ccc(C(=N)N)cc2OCC(N)=O)c1. The van der Waals surface area contributed by atoms with Crippen molar-refractivity contribution in [2.24, 2.45) is 17.2 Å². The molecule has 0 saturated heterocycles. The second-order valence-electron chi connectivity index (χ2n) is 7.29. The summed E-state index contributed by atoms with van der Waals surface area (Å²) in [4.78, 5) is 35.8. The van der Waals surface area contributed by atoms with E-state index in [-0.39, 0.29) is 46.6 Å². The van der Waals surface area contributed by atoms with Crippen LogP contribution in [0.3, 0.4) is 0 Å². The molecule has 0 radical (unpaired) electrons. The van der Waals surface area contributed by atoms with E-state index in [4.69, 9.17) is 38.9 Å². The molecule has 0 saturated carbocycles. The first-order valence-electron chi connectivity index (χ1n) is 10.1. The summed E-state index contributed by atoms with van der Waals surface area (Å²) < 4.78 is 30.8. The molecule has 0 heterocycles. The average molecular weight is 525 g/mol. The topological polar surface area (TPSA) is 212 Å². The molecule has 12 nitrogen and oxygen atoms in total. The number of amidine groups is 1. The quantitative estimate of drug-likeness (QED) is 0.212. The molecule has 0 aliphatic carbocycles. The smallest absolute Gasteiger partial charge is 0.333 e. The van der Waals surface area contributed by atoms with Crippen molar-refractivity contribution in [1.82, 2.24) is 5.32 Å². The molecular formula is C21H25ClN6O6S. The molecule has 0 atom stereocenters. The molecule has 0 unspecified atom stereocenters. The fraction of sp³-hybridized carbons (Fsp3) is 0.238.